The van der Waals surface area contributed by atoms with Crippen LogP contribution in [0.25, 0.3) is 0 Å². The average molecular weight is 464 g/mol. The Hall–Kier alpha value is -2.79. The molecule has 174 valence electrons. The highest BCUT2D eigenvalue weighted by Gasteiger charge is 2.17. The standard InChI is InChI=1S/C28H33NO3S/c1-21(2)26(30)19-24-11-12-27(22(3)28(24)32-20-23-9-5-4-6-10-23)31-17-7-8-18-33-25-13-15-29-16-14-25/h4-6,9-16,21H,7-8,17-20H2,1-3H3. The second-order valence-corrected chi connectivity index (χ2v) is 9.50. The summed E-state index contributed by atoms with van der Waals surface area (Å²) < 4.78 is 12.3. The van der Waals surface area contributed by atoms with E-state index < -0.39 is 0 Å². The molecule has 0 bridgehead atoms. The van der Waals surface area contributed by atoms with Gasteiger partial charge in [0.05, 0.1) is 6.61 Å². The Bertz CT molecular complexity index is 1010. The monoisotopic (exact) mass is 463 g/mol. The maximum Gasteiger partial charge on any atom is 0.139 e. The van der Waals surface area contributed by atoms with Crippen LogP contribution in [0.5, 0.6) is 11.5 Å². The van der Waals surface area contributed by atoms with E-state index in [4.69, 9.17) is 9.47 Å². The zero-order valence-corrected chi connectivity index (χ0v) is 20.6. The van der Waals surface area contributed by atoms with Gasteiger partial charge in [0.1, 0.15) is 23.9 Å². The third-order valence-electron chi connectivity index (χ3n) is 5.39. The summed E-state index contributed by atoms with van der Waals surface area (Å²) in [5, 5.41) is 0. The van der Waals surface area contributed by atoms with E-state index in [1.807, 2.05) is 99.5 Å². The van der Waals surface area contributed by atoms with E-state index >= 15 is 0 Å². The number of carbonyl (C=O) groups excluding carboxylic acids is 1. The van der Waals surface area contributed by atoms with Gasteiger partial charge in [-0.25, -0.2) is 0 Å². The Balaban J connectivity index is 1.60. The highest BCUT2D eigenvalue weighted by molar-refractivity contribution is 7.99. The number of carbonyl (C=O) groups is 1. The van der Waals surface area contributed by atoms with Gasteiger partial charge in [-0.3, -0.25) is 9.78 Å². The van der Waals surface area contributed by atoms with Crippen molar-refractivity contribution in [3.63, 3.8) is 0 Å². The predicted molar refractivity (Wildman–Crippen MR) is 135 cm³/mol. The van der Waals surface area contributed by atoms with E-state index in [2.05, 4.69) is 4.98 Å². The first-order valence-electron chi connectivity index (χ1n) is 11.5. The van der Waals surface area contributed by atoms with Crippen LogP contribution < -0.4 is 9.47 Å². The highest BCUT2D eigenvalue weighted by Crippen LogP contribution is 2.33. The number of hydrogen-bond donors (Lipinski definition) is 0. The smallest absolute Gasteiger partial charge is 0.139 e. The van der Waals surface area contributed by atoms with Gasteiger partial charge in [0, 0.05) is 40.8 Å². The lowest BCUT2D eigenvalue weighted by Crippen LogP contribution is -2.12. The summed E-state index contributed by atoms with van der Waals surface area (Å²) in [5.41, 5.74) is 2.96. The first-order chi connectivity index (χ1) is 16.0. The van der Waals surface area contributed by atoms with Gasteiger partial charge < -0.3 is 9.47 Å². The van der Waals surface area contributed by atoms with Crippen molar-refractivity contribution in [2.75, 3.05) is 12.4 Å². The van der Waals surface area contributed by atoms with Crippen molar-refractivity contribution in [1.29, 1.82) is 0 Å². The van der Waals surface area contributed by atoms with Gasteiger partial charge in [0.15, 0.2) is 0 Å². The maximum absolute atomic E-state index is 12.4. The molecule has 0 aliphatic rings. The number of rotatable bonds is 13. The van der Waals surface area contributed by atoms with Crippen LogP contribution in [0.4, 0.5) is 0 Å². The van der Waals surface area contributed by atoms with Gasteiger partial charge >= 0.3 is 0 Å². The molecule has 0 unspecified atom stereocenters. The first-order valence-corrected chi connectivity index (χ1v) is 12.5. The van der Waals surface area contributed by atoms with Crippen molar-refractivity contribution in [1.82, 2.24) is 4.98 Å². The van der Waals surface area contributed by atoms with E-state index in [0.717, 1.165) is 46.8 Å². The molecule has 0 atom stereocenters. The van der Waals surface area contributed by atoms with Crippen molar-refractivity contribution in [2.45, 2.75) is 51.5 Å². The zero-order chi connectivity index (χ0) is 23.5. The van der Waals surface area contributed by atoms with Crippen LogP contribution in [0.2, 0.25) is 0 Å². The van der Waals surface area contributed by atoms with E-state index in [-0.39, 0.29) is 11.7 Å². The number of unbranched alkanes of at least 4 members (excludes halogenated alkanes) is 1. The zero-order valence-electron chi connectivity index (χ0n) is 19.8. The molecule has 0 saturated carbocycles. The molecule has 0 aliphatic carbocycles. The topological polar surface area (TPSA) is 48.4 Å². The Morgan fingerprint density at radius 1 is 0.970 bits per heavy atom. The second kappa shape index (κ2) is 13.0. The largest absolute Gasteiger partial charge is 0.493 e. The van der Waals surface area contributed by atoms with Gasteiger partial charge in [-0.1, -0.05) is 50.2 Å². The van der Waals surface area contributed by atoms with Gasteiger partial charge in [0.25, 0.3) is 0 Å². The van der Waals surface area contributed by atoms with E-state index in [0.29, 0.717) is 19.6 Å². The minimum Gasteiger partial charge on any atom is -0.493 e. The third-order valence-corrected chi connectivity index (χ3v) is 6.49. The maximum atomic E-state index is 12.4. The SMILES string of the molecule is Cc1c(OCCCCSc2ccncc2)ccc(CC(=O)C(C)C)c1OCc1ccccc1. The number of aromatic nitrogens is 1. The number of ether oxygens (including phenoxy) is 2. The van der Waals surface area contributed by atoms with Crippen LogP contribution in [-0.2, 0) is 17.8 Å². The fourth-order valence-corrected chi connectivity index (χ4v) is 4.26. The van der Waals surface area contributed by atoms with E-state index in [1.54, 1.807) is 0 Å². The molecule has 5 heteroatoms. The number of thioether (sulfide) groups is 1. The molecule has 0 N–H and O–H groups in total. The molecule has 3 rings (SSSR count). The van der Waals surface area contributed by atoms with Gasteiger partial charge in [-0.05, 0) is 49.3 Å². The molecule has 0 saturated heterocycles. The molecule has 4 nitrogen and oxygen atoms in total. The molecule has 3 aromatic rings. The minimum absolute atomic E-state index is 0.00627. The fraction of sp³-hybridized carbons (Fsp3) is 0.357. The molecule has 0 spiro atoms. The average Bonchev–Trinajstić information content (AvgIpc) is 2.83. The summed E-state index contributed by atoms with van der Waals surface area (Å²) in [6.07, 6.45) is 6.07. The Morgan fingerprint density at radius 3 is 2.45 bits per heavy atom. The number of ketones is 1. The minimum atomic E-state index is -0.00627. The van der Waals surface area contributed by atoms with Crippen molar-refractivity contribution in [3.05, 3.63) is 83.7 Å². The summed E-state index contributed by atoms with van der Waals surface area (Å²) in [5.74, 6) is 2.83. The summed E-state index contributed by atoms with van der Waals surface area (Å²) in [6, 6.07) is 18.1. The number of nitrogens with zero attached hydrogens (tertiary/aromatic N) is 1. The van der Waals surface area contributed by atoms with Gasteiger partial charge in [-0.15, -0.1) is 11.8 Å². The van der Waals surface area contributed by atoms with Crippen LogP contribution >= 0.6 is 11.8 Å². The lowest BCUT2D eigenvalue weighted by molar-refractivity contribution is -0.121. The Morgan fingerprint density at radius 2 is 1.73 bits per heavy atom. The van der Waals surface area contributed by atoms with E-state index in [9.17, 15) is 4.79 Å². The number of benzene rings is 2. The molecule has 1 aromatic heterocycles. The molecular weight excluding hydrogens is 430 g/mol. The summed E-state index contributed by atoms with van der Waals surface area (Å²) in [6.45, 7) is 6.99. The predicted octanol–water partition coefficient (Wildman–Crippen LogP) is 6.69. The van der Waals surface area contributed by atoms with Crippen LogP contribution in [-0.4, -0.2) is 23.1 Å². The quantitative estimate of drug-likeness (QED) is 0.209. The van der Waals surface area contributed by atoms with Gasteiger partial charge in [0.2, 0.25) is 0 Å². The fourth-order valence-electron chi connectivity index (χ4n) is 3.36. The molecule has 0 fully saturated rings. The van der Waals surface area contributed by atoms with Crippen molar-refractivity contribution >= 4 is 17.5 Å². The van der Waals surface area contributed by atoms with Crippen molar-refractivity contribution in [2.24, 2.45) is 5.92 Å². The molecular formula is C28H33NO3S. The first kappa shape index (κ1) is 24.8. The summed E-state index contributed by atoms with van der Waals surface area (Å²) in [4.78, 5) is 17.7. The second-order valence-electron chi connectivity index (χ2n) is 8.34. The molecule has 1 heterocycles. The number of hydrogen-bond acceptors (Lipinski definition) is 5. The van der Waals surface area contributed by atoms with Crippen LogP contribution in [0, 0.1) is 12.8 Å². The number of pyridine rings is 1. The number of Topliss-reactive ketones (excluding diaryl/α,β-unsaturated/α-hetero) is 1. The molecule has 0 radical (unpaired) electrons. The summed E-state index contributed by atoms with van der Waals surface area (Å²) in [7, 11) is 0. The van der Waals surface area contributed by atoms with Crippen LogP contribution in [0.1, 0.15) is 43.4 Å². The van der Waals surface area contributed by atoms with Crippen molar-refractivity contribution < 1.29 is 14.3 Å². The molecule has 2 aromatic carbocycles. The van der Waals surface area contributed by atoms with Crippen LogP contribution in [0.3, 0.4) is 0 Å². The third kappa shape index (κ3) is 7.93. The van der Waals surface area contributed by atoms with Crippen molar-refractivity contribution in [3.8, 4) is 11.5 Å². The lowest BCUT2D eigenvalue weighted by Gasteiger charge is -2.18. The highest BCUT2D eigenvalue weighted by atomic mass is 32.2. The van der Waals surface area contributed by atoms with Crippen LogP contribution in [0.15, 0.2) is 71.9 Å². The Kier molecular flexibility index (Phi) is 9.82. The summed E-state index contributed by atoms with van der Waals surface area (Å²) >= 11 is 1.84. The normalized spacial score (nSPS) is 10.9. The molecule has 33 heavy (non-hydrogen) atoms. The van der Waals surface area contributed by atoms with Gasteiger partial charge in [-0.2, -0.15) is 0 Å². The Labute approximate surface area is 201 Å². The molecule has 0 aliphatic heterocycles. The molecule has 0 amide bonds. The van der Waals surface area contributed by atoms with E-state index in [1.165, 1.54) is 4.90 Å². The lowest BCUT2D eigenvalue weighted by atomic mass is 9.98.